The third kappa shape index (κ3) is 4.84. The summed E-state index contributed by atoms with van der Waals surface area (Å²) in [5, 5.41) is 11.4. The smallest absolute Gasteiger partial charge is 0.271 e. The zero-order chi connectivity index (χ0) is 25.2. The average molecular weight is 516 g/mol. The van der Waals surface area contributed by atoms with Crippen LogP contribution >= 0.6 is 23.2 Å². The number of pyridine rings is 1. The molecule has 9 heteroatoms. The van der Waals surface area contributed by atoms with Gasteiger partial charge in [0.1, 0.15) is 11.7 Å². The first-order chi connectivity index (χ1) is 17.4. The number of rotatable bonds is 5. The first-order valence-corrected chi connectivity index (χ1v) is 11.8. The molecule has 0 aliphatic carbocycles. The zero-order valence-corrected chi connectivity index (χ0v) is 20.6. The molecule has 178 valence electrons. The summed E-state index contributed by atoms with van der Waals surface area (Å²) >= 11 is 12.3. The summed E-state index contributed by atoms with van der Waals surface area (Å²) in [6, 6.07) is 22.0. The Kier molecular flexibility index (Phi) is 6.50. The van der Waals surface area contributed by atoms with Crippen molar-refractivity contribution in [1.82, 2.24) is 20.2 Å². The molecule has 0 radical (unpaired) electrons. The van der Waals surface area contributed by atoms with Crippen molar-refractivity contribution >= 4 is 57.0 Å². The monoisotopic (exact) mass is 515 g/mol. The molecule has 2 heterocycles. The van der Waals surface area contributed by atoms with Crippen LogP contribution in [-0.2, 0) is 11.3 Å². The van der Waals surface area contributed by atoms with Gasteiger partial charge in [-0.05, 0) is 43.3 Å². The van der Waals surface area contributed by atoms with E-state index in [1.807, 2.05) is 55.5 Å². The van der Waals surface area contributed by atoms with Crippen molar-refractivity contribution in [3.63, 3.8) is 0 Å². The number of hydrogen-bond acceptors (Lipinski definition) is 5. The maximum absolute atomic E-state index is 13.0. The first-order valence-electron chi connectivity index (χ1n) is 11.0. The molecule has 0 unspecified atom stereocenters. The van der Waals surface area contributed by atoms with Gasteiger partial charge in [0.15, 0.2) is 0 Å². The lowest BCUT2D eigenvalue weighted by atomic mass is 10.1. The second-order valence-corrected chi connectivity index (χ2v) is 9.02. The summed E-state index contributed by atoms with van der Waals surface area (Å²) in [4.78, 5) is 30.0. The predicted octanol–water partition coefficient (Wildman–Crippen LogP) is 5.38. The van der Waals surface area contributed by atoms with E-state index in [4.69, 9.17) is 23.2 Å². The van der Waals surface area contributed by atoms with Crippen LogP contribution in [0.4, 0.5) is 0 Å². The highest BCUT2D eigenvalue weighted by Gasteiger charge is 2.14. The number of fused-ring (bicyclic) bond motifs is 2. The molecule has 5 aromatic rings. The van der Waals surface area contributed by atoms with Crippen LogP contribution in [0.3, 0.4) is 0 Å². The summed E-state index contributed by atoms with van der Waals surface area (Å²) in [5.41, 5.74) is 5.82. The Morgan fingerprint density at radius 2 is 1.78 bits per heavy atom. The SMILES string of the molecule is Cc1ccc2nc(Cl)c(/C=N/NC(=O)Cn3nc(-c4ccc(Cl)cc4)c4ccccc4c3=O)cc2c1. The predicted molar refractivity (Wildman–Crippen MR) is 144 cm³/mol. The summed E-state index contributed by atoms with van der Waals surface area (Å²) in [6.07, 6.45) is 1.42. The normalized spacial score (nSPS) is 11.4. The Hall–Kier alpha value is -4.07. The lowest BCUT2D eigenvalue weighted by Gasteiger charge is -2.11. The molecular formula is C27H19Cl2N5O2. The van der Waals surface area contributed by atoms with E-state index in [0.717, 1.165) is 26.7 Å². The topological polar surface area (TPSA) is 89.2 Å². The van der Waals surface area contributed by atoms with Gasteiger partial charge in [0, 0.05) is 26.9 Å². The second-order valence-electron chi connectivity index (χ2n) is 8.22. The molecule has 5 rings (SSSR count). The number of aromatic nitrogens is 3. The maximum atomic E-state index is 13.0. The van der Waals surface area contributed by atoms with Crippen LogP contribution in [0.1, 0.15) is 11.1 Å². The number of benzene rings is 3. The third-order valence-electron chi connectivity index (χ3n) is 5.62. The van der Waals surface area contributed by atoms with Crippen molar-refractivity contribution in [3.8, 4) is 11.3 Å². The zero-order valence-electron chi connectivity index (χ0n) is 19.1. The molecule has 0 atom stereocenters. The number of amides is 1. The number of nitrogens with one attached hydrogen (secondary N) is 1. The van der Waals surface area contributed by atoms with E-state index in [2.05, 4.69) is 20.6 Å². The van der Waals surface area contributed by atoms with Crippen LogP contribution in [-0.4, -0.2) is 26.9 Å². The Bertz CT molecular complexity index is 1710. The van der Waals surface area contributed by atoms with Crippen molar-refractivity contribution in [1.29, 1.82) is 0 Å². The number of nitrogens with zero attached hydrogens (tertiary/aromatic N) is 4. The molecule has 1 amide bonds. The number of carbonyl (C=O) groups is 1. The van der Waals surface area contributed by atoms with Gasteiger partial charge in [-0.25, -0.2) is 15.1 Å². The molecule has 36 heavy (non-hydrogen) atoms. The van der Waals surface area contributed by atoms with Crippen LogP contribution < -0.4 is 11.0 Å². The van der Waals surface area contributed by atoms with Gasteiger partial charge >= 0.3 is 0 Å². The molecule has 3 aromatic carbocycles. The third-order valence-corrected chi connectivity index (χ3v) is 6.18. The fourth-order valence-electron chi connectivity index (χ4n) is 3.89. The Labute approximate surface area is 216 Å². The molecule has 7 nitrogen and oxygen atoms in total. The van der Waals surface area contributed by atoms with E-state index in [1.54, 1.807) is 24.3 Å². The lowest BCUT2D eigenvalue weighted by molar-refractivity contribution is -0.121. The molecule has 1 N–H and O–H groups in total. The first kappa shape index (κ1) is 23.7. The van der Waals surface area contributed by atoms with Crippen LogP contribution in [0.2, 0.25) is 10.2 Å². The number of halogens is 2. The number of aryl methyl sites for hydroxylation is 1. The minimum atomic E-state index is -0.515. The standard InChI is InChI=1S/C27H19Cl2N5O2/c1-16-6-11-23-18(12-16)13-19(26(29)31-23)14-30-32-24(35)15-34-27(36)22-5-3-2-4-21(22)25(33-34)17-7-9-20(28)10-8-17/h2-14H,15H2,1H3,(H,32,35)/b30-14+. The Morgan fingerprint density at radius 1 is 1.03 bits per heavy atom. The average Bonchev–Trinajstić information content (AvgIpc) is 2.87. The molecule has 0 fully saturated rings. The molecule has 0 saturated heterocycles. The van der Waals surface area contributed by atoms with Gasteiger partial charge in [-0.3, -0.25) is 9.59 Å². The van der Waals surface area contributed by atoms with Crippen LogP contribution in [0, 0.1) is 6.92 Å². The van der Waals surface area contributed by atoms with Crippen LogP contribution in [0.25, 0.3) is 32.9 Å². The van der Waals surface area contributed by atoms with E-state index in [-0.39, 0.29) is 17.3 Å². The quantitative estimate of drug-likeness (QED) is 0.193. The maximum Gasteiger partial charge on any atom is 0.275 e. The Balaban J connectivity index is 1.41. The number of hydrazone groups is 1. The molecule has 0 aliphatic heterocycles. The highest BCUT2D eigenvalue weighted by molar-refractivity contribution is 6.32. The van der Waals surface area contributed by atoms with Gasteiger partial charge in [0.05, 0.1) is 22.8 Å². The fourth-order valence-corrected chi connectivity index (χ4v) is 4.21. The molecular weight excluding hydrogens is 497 g/mol. The largest absolute Gasteiger partial charge is 0.275 e. The van der Waals surface area contributed by atoms with Gasteiger partial charge in [0.25, 0.3) is 11.5 Å². The van der Waals surface area contributed by atoms with Crippen molar-refractivity contribution in [2.45, 2.75) is 13.5 Å². The van der Waals surface area contributed by atoms with Crippen LogP contribution in [0.5, 0.6) is 0 Å². The molecule has 0 aliphatic rings. The molecule has 2 aromatic heterocycles. The minimum Gasteiger partial charge on any atom is -0.271 e. The summed E-state index contributed by atoms with van der Waals surface area (Å²) in [7, 11) is 0. The fraction of sp³-hybridized carbons (Fsp3) is 0.0741. The van der Waals surface area contributed by atoms with Gasteiger partial charge < -0.3 is 0 Å². The summed E-state index contributed by atoms with van der Waals surface area (Å²) in [5.74, 6) is -0.515. The van der Waals surface area contributed by atoms with E-state index in [1.165, 1.54) is 6.21 Å². The van der Waals surface area contributed by atoms with Crippen molar-refractivity contribution in [2.24, 2.45) is 5.10 Å². The lowest BCUT2D eigenvalue weighted by Crippen LogP contribution is -2.32. The van der Waals surface area contributed by atoms with Crippen LogP contribution in [0.15, 0.2) is 82.7 Å². The van der Waals surface area contributed by atoms with Gasteiger partial charge in [-0.2, -0.15) is 10.2 Å². The number of hydrogen-bond donors (Lipinski definition) is 1. The highest BCUT2D eigenvalue weighted by Crippen LogP contribution is 2.26. The van der Waals surface area contributed by atoms with E-state index in [0.29, 0.717) is 27.1 Å². The van der Waals surface area contributed by atoms with Gasteiger partial charge in [0.2, 0.25) is 0 Å². The summed E-state index contributed by atoms with van der Waals surface area (Å²) in [6.45, 7) is 1.67. The highest BCUT2D eigenvalue weighted by atomic mass is 35.5. The van der Waals surface area contributed by atoms with Crippen molar-refractivity contribution in [2.75, 3.05) is 0 Å². The van der Waals surface area contributed by atoms with E-state index < -0.39 is 5.91 Å². The molecule has 0 bridgehead atoms. The van der Waals surface area contributed by atoms with E-state index >= 15 is 0 Å². The number of carbonyl (C=O) groups excluding carboxylic acids is 1. The van der Waals surface area contributed by atoms with Crippen molar-refractivity contribution in [3.05, 3.63) is 104 Å². The van der Waals surface area contributed by atoms with Gasteiger partial charge in [-0.15, -0.1) is 0 Å². The molecule has 0 spiro atoms. The van der Waals surface area contributed by atoms with Gasteiger partial charge in [-0.1, -0.05) is 65.2 Å². The Morgan fingerprint density at radius 3 is 2.56 bits per heavy atom. The van der Waals surface area contributed by atoms with E-state index in [9.17, 15) is 9.59 Å². The summed E-state index contributed by atoms with van der Waals surface area (Å²) < 4.78 is 1.13. The van der Waals surface area contributed by atoms with Crippen molar-refractivity contribution < 1.29 is 4.79 Å². The second kappa shape index (κ2) is 9.89. The molecule has 0 saturated carbocycles. The minimum absolute atomic E-state index is 0.268.